The van der Waals surface area contributed by atoms with Gasteiger partial charge < -0.3 is 16.5 Å². The molecule has 0 aliphatic carbocycles. The van der Waals surface area contributed by atoms with Crippen molar-refractivity contribution in [1.29, 1.82) is 5.41 Å². The van der Waals surface area contributed by atoms with E-state index in [2.05, 4.69) is 5.32 Å². The van der Waals surface area contributed by atoms with Gasteiger partial charge in [0, 0.05) is 20.4 Å². The van der Waals surface area contributed by atoms with Crippen molar-refractivity contribution in [1.82, 2.24) is 0 Å². The van der Waals surface area contributed by atoms with Gasteiger partial charge in [0.15, 0.2) is 0 Å². The molecule has 0 aliphatic rings. The summed E-state index contributed by atoms with van der Waals surface area (Å²) >= 11 is 0. The fourth-order valence-electron chi connectivity index (χ4n) is 0. The topological polar surface area (TPSA) is 64.0 Å². The summed E-state index contributed by atoms with van der Waals surface area (Å²) in [7, 11) is 1.47. The Labute approximate surface area is 50.5 Å². The van der Waals surface area contributed by atoms with E-state index in [1.54, 1.807) is 0 Å². The van der Waals surface area contributed by atoms with Gasteiger partial charge in [-0.25, -0.2) is 0 Å². The summed E-state index contributed by atoms with van der Waals surface area (Å²) in [6.45, 7) is 0. The molecule has 0 rings (SSSR count). The van der Waals surface area contributed by atoms with Gasteiger partial charge in [-0.2, -0.15) is 0 Å². The first-order chi connectivity index (χ1) is 2.27. The Morgan fingerprint density at radius 2 is 2.00 bits per heavy atom. The molecule has 0 saturated heterocycles. The normalized spacial score (nSPS) is 5.50. The first kappa shape index (κ1) is 9.33. The fourth-order valence-corrected chi connectivity index (χ4v) is 0. The van der Waals surface area contributed by atoms with Crippen molar-refractivity contribution < 1.29 is 20.4 Å². The second-order valence-corrected chi connectivity index (χ2v) is 0.609. The Morgan fingerprint density at radius 1 is 1.83 bits per heavy atom. The van der Waals surface area contributed by atoms with Gasteiger partial charge in [-0.15, -0.1) is 0 Å². The van der Waals surface area contributed by atoms with Crippen LogP contribution in [0.15, 0.2) is 0 Å². The van der Waals surface area contributed by atoms with Gasteiger partial charge in [0.2, 0.25) is 0 Å². The Balaban J connectivity index is 0. The van der Waals surface area contributed by atoms with Crippen LogP contribution in [0.1, 0.15) is 0 Å². The summed E-state index contributed by atoms with van der Waals surface area (Å²) in [5.74, 6) is -0.120. The Morgan fingerprint density at radius 3 is 2.00 bits per heavy atom. The van der Waals surface area contributed by atoms with Crippen molar-refractivity contribution in [2.24, 2.45) is 5.73 Å². The maximum Gasteiger partial charge on any atom is 0 e. The number of nitrogens with one attached hydrogen (secondary N) is 1. The molecule has 4 heteroatoms. The van der Waals surface area contributed by atoms with E-state index in [4.69, 9.17) is 11.1 Å². The van der Waals surface area contributed by atoms with Crippen LogP contribution in [0.5, 0.6) is 0 Å². The van der Waals surface area contributed by atoms with Crippen LogP contribution in [0.3, 0.4) is 0 Å². The van der Waals surface area contributed by atoms with Crippen LogP contribution in [0, 0.1) is 5.41 Å². The molecule has 3 nitrogen and oxygen atoms in total. The molecule has 0 spiro atoms. The van der Waals surface area contributed by atoms with E-state index < -0.39 is 0 Å². The summed E-state index contributed by atoms with van der Waals surface area (Å²) < 4.78 is 0. The molecule has 0 bridgehead atoms. The van der Waals surface area contributed by atoms with Crippen LogP contribution in [-0.2, 0) is 20.4 Å². The molecule has 37 valence electrons. The molecule has 3 N–H and O–H groups in total. The minimum absolute atomic E-state index is 0. The molecule has 1 radical (unpaired) electrons. The molecule has 0 aromatic rings. The maximum atomic E-state index is 6.35. The first-order valence-electron chi connectivity index (χ1n) is 1.21. The Kier molecular flexibility index (Phi) is 7.67. The van der Waals surface area contributed by atoms with Gasteiger partial charge in [0.1, 0.15) is 0 Å². The maximum absolute atomic E-state index is 6.35. The van der Waals surface area contributed by atoms with Crippen molar-refractivity contribution >= 4 is 5.96 Å². The van der Waals surface area contributed by atoms with Crippen LogP contribution in [-0.4, -0.2) is 13.0 Å². The fraction of sp³-hybridized carbons (Fsp3) is 0.500. The molecule has 0 amide bonds. The Hall–Kier alpha value is -0.0677. The van der Waals surface area contributed by atoms with E-state index in [9.17, 15) is 0 Å². The van der Waals surface area contributed by atoms with Gasteiger partial charge in [-0.05, 0) is 13.0 Å². The molecule has 0 fully saturated rings. The molecular weight excluding hydrogens is 252 g/mol. The SMILES string of the molecule is C[N-]C(=N)N.[Re]. The molecule has 6 heavy (non-hydrogen) atoms. The second kappa shape index (κ2) is 4.93. The van der Waals surface area contributed by atoms with Crippen LogP contribution in [0.25, 0.3) is 5.32 Å². The van der Waals surface area contributed by atoms with Crippen LogP contribution < -0.4 is 5.73 Å². The smallest absolute Gasteiger partial charge is 0 e. The van der Waals surface area contributed by atoms with E-state index in [0.717, 1.165) is 0 Å². The first-order valence-corrected chi connectivity index (χ1v) is 1.21. The van der Waals surface area contributed by atoms with Crippen LogP contribution in [0.2, 0.25) is 0 Å². The number of nitrogens with two attached hydrogens (primary N) is 1. The number of hydrogen-bond donors (Lipinski definition) is 2. The molecule has 0 saturated carbocycles. The van der Waals surface area contributed by atoms with Crippen molar-refractivity contribution in [3.05, 3.63) is 5.32 Å². The second-order valence-electron chi connectivity index (χ2n) is 0.609. The molecule has 0 aliphatic heterocycles. The number of hydrogen-bond acceptors (Lipinski definition) is 1. The average molecular weight is 258 g/mol. The quantitative estimate of drug-likeness (QED) is 0.462. The number of guanidine groups is 1. The predicted molar refractivity (Wildman–Crippen MR) is 21.2 cm³/mol. The summed E-state index contributed by atoms with van der Waals surface area (Å²) in [5, 5.41) is 9.60. The minimum Gasteiger partial charge on any atom is -0.454 e. The van der Waals surface area contributed by atoms with Crippen LogP contribution in [0.4, 0.5) is 0 Å². The molecule has 0 unspecified atom stereocenters. The molecule has 0 aromatic carbocycles. The zero-order chi connectivity index (χ0) is 4.28. The molecule has 0 atom stereocenters. The largest absolute Gasteiger partial charge is 0.454 e. The third kappa shape index (κ3) is 9.06. The number of nitrogens with zero attached hydrogens (tertiary/aromatic N) is 1. The monoisotopic (exact) mass is 259 g/mol. The molecule has 0 aromatic heterocycles. The van der Waals surface area contributed by atoms with Gasteiger partial charge in [0.05, 0.1) is 0 Å². The van der Waals surface area contributed by atoms with Gasteiger partial charge in [0.25, 0.3) is 0 Å². The molecular formula is C2H6N3Re-. The van der Waals surface area contributed by atoms with Crippen molar-refractivity contribution in [2.45, 2.75) is 0 Å². The Bertz CT molecular complexity index is 44.1. The van der Waals surface area contributed by atoms with Gasteiger partial charge in [-0.3, -0.25) is 0 Å². The van der Waals surface area contributed by atoms with Crippen molar-refractivity contribution in [3.8, 4) is 0 Å². The predicted octanol–water partition coefficient (Wildman–Crippen LogP) is -0.119. The third-order valence-corrected chi connectivity index (χ3v) is 0.241. The van der Waals surface area contributed by atoms with Gasteiger partial charge in [-0.1, -0.05) is 0 Å². The van der Waals surface area contributed by atoms with E-state index in [0.29, 0.717) is 0 Å². The van der Waals surface area contributed by atoms with E-state index in [1.807, 2.05) is 0 Å². The summed E-state index contributed by atoms with van der Waals surface area (Å²) in [6, 6.07) is 0. The van der Waals surface area contributed by atoms with Crippen molar-refractivity contribution in [3.63, 3.8) is 0 Å². The van der Waals surface area contributed by atoms with Gasteiger partial charge >= 0.3 is 0 Å². The molecule has 0 heterocycles. The zero-order valence-electron chi connectivity index (χ0n) is 3.40. The van der Waals surface area contributed by atoms with Crippen molar-refractivity contribution in [2.75, 3.05) is 7.05 Å². The summed E-state index contributed by atoms with van der Waals surface area (Å²) in [6.07, 6.45) is 0. The third-order valence-electron chi connectivity index (χ3n) is 0.241. The minimum atomic E-state index is -0.120. The average Bonchev–Trinajstić information content (AvgIpc) is 1.38. The summed E-state index contributed by atoms with van der Waals surface area (Å²) in [4.78, 5) is 0. The zero-order valence-corrected chi connectivity index (χ0v) is 6.12. The van der Waals surface area contributed by atoms with E-state index in [-0.39, 0.29) is 26.4 Å². The van der Waals surface area contributed by atoms with E-state index >= 15 is 0 Å². The standard InChI is InChI=1S/C2H6N3.Re/c1-5-2(3)4;/h1H3,(H3-,3,4,5);/q-1;. The summed E-state index contributed by atoms with van der Waals surface area (Å²) in [5.41, 5.74) is 4.71. The number of rotatable bonds is 0. The van der Waals surface area contributed by atoms with Crippen LogP contribution >= 0.6 is 0 Å². The van der Waals surface area contributed by atoms with E-state index in [1.165, 1.54) is 7.05 Å².